The summed E-state index contributed by atoms with van der Waals surface area (Å²) in [6, 6.07) is 12.7. The first-order valence-electron chi connectivity index (χ1n) is 8.80. The van der Waals surface area contributed by atoms with Crippen LogP contribution < -0.4 is 5.32 Å². The lowest BCUT2D eigenvalue weighted by molar-refractivity contribution is 0.102. The first-order valence-corrected chi connectivity index (χ1v) is 9.56. The summed E-state index contributed by atoms with van der Waals surface area (Å²) in [6.07, 6.45) is 1.75. The highest BCUT2D eigenvalue weighted by molar-refractivity contribution is 6.40. The fourth-order valence-electron chi connectivity index (χ4n) is 2.99. The molecule has 0 aliphatic rings. The fraction of sp³-hybridized carbons (Fsp3) is 0.238. The molecule has 1 N–H and O–H groups in total. The van der Waals surface area contributed by atoms with Crippen LogP contribution in [0.15, 0.2) is 48.7 Å². The molecule has 2 aromatic carbocycles. The Morgan fingerprint density at radius 1 is 1.14 bits per heavy atom. The molecule has 146 valence electrons. The van der Waals surface area contributed by atoms with Crippen LogP contribution in [0.5, 0.6) is 0 Å². The number of anilines is 1. The standard InChI is InChI=1S/C21H21Cl2N3O2/c1-26(11-12-28-2)13-14-9-10-24-20-15(14)5-3-8-18(20)25-21(27)19-16(22)6-4-7-17(19)23/h3-10H,11-13H2,1-2H3,(H,25,27). The van der Waals surface area contributed by atoms with E-state index in [1.165, 1.54) is 0 Å². The van der Waals surface area contributed by atoms with E-state index in [0.717, 1.165) is 29.6 Å². The minimum absolute atomic E-state index is 0.248. The predicted molar refractivity (Wildman–Crippen MR) is 114 cm³/mol. The molecule has 28 heavy (non-hydrogen) atoms. The summed E-state index contributed by atoms with van der Waals surface area (Å²) >= 11 is 12.3. The van der Waals surface area contributed by atoms with Gasteiger partial charge in [-0.25, -0.2) is 0 Å². The Labute approximate surface area is 174 Å². The number of aromatic nitrogens is 1. The van der Waals surface area contributed by atoms with Gasteiger partial charge in [-0.2, -0.15) is 0 Å². The van der Waals surface area contributed by atoms with E-state index in [2.05, 4.69) is 15.2 Å². The van der Waals surface area contributed by atoms with E-state index in [-0.39, 0.29) is 11.5 Å². The van der Waals surface area contributed by atoms with Crippen LogP contribution in [-0.4, -0.2) is 43.1 Å². The van der Waals surface area contributed by atoms with E-state index in [9.17, 15) is 4.79 Å². The quantitative estimate of drug-likeness (QED) is 0.595. The van der Waals surface area contributed by atoms with Crippen LogP contribution >= 0.6 is 23.2 Å². The van der Waals surface area contributed by atoms with Crippen LogP contribution in [0.25, 0.3) is 10.9 Å². The van der Waals surface area contributed by atoms with Crippen LogP contribution in [-0.2, 0) is 11.3 Å². The normalized spacial score (nSPS) is 11.2. The van der Waals surface area contributed by atoms with Gasteiger partial charge in [0.25, 0.3) is 5.91 Å². The molecule has 1 amide bonds. The number of rotatable bonds is 7. The third-order valence-electron chi connectivity index (χ3n) is 4.42. The monoisotopic (exact) mass is 417 g/mol. The van der Waals surface area contributed by atoms with Gasteiger partial charge in [0.15, 0.2) is 0 Å². The SMILES string of the molecule is COCCN(C)Cc1ccnc2c(NC(=O)c3c(Cl)cccc3Cl)cccc12. The van der Waals surface area contributed by atoms with Gasteiger partial charge in [0, 0.05) is 31.8 Å². The number of benzene rings is 2. The number of pyridine rings is 1. The van der Waals surface area contributed by atoms with E-state index in [1.807, 2.05) is 31.3 Å². The van der Waals surface area contributed by atoms with Gasteiger partial charge in [-0.3, -0.25) is 14.7 Å². The Morgan fingerprint density at radius 2 is 1.86 bits per heavy atom. The average molecular weight is 418 g/mol. The van der Waals surface area contributed by atoms with Crippen molar-refractivity contribution in [1.82, 2.24) is 9.88 Å². The topological polar surface area (TPSA) is 54.5 Å². The molecular formula is C21H21Cl2N3O2. The second kappa shape index (κ2) is 9.34. The van der Waals surface area contributed by atoms with E-state index < -0.39 is 0 Å². The summed E-state index contributed by atoms with van der Waals surface area (Å²) < 4.78 is 5.14. The summed E-state index contributed by atoms with van der Waals surface area (Å²) in [7, 11) is 3.73. The maximum Gasteiger partial charge on any atom is 0.258 e. The number of likely N-dealkylation sites (N-methyl/N-ethyl adjacent to an activating group) is 1. The van der Waals surface area contributed by atoms with Crippen LogP contribution in [0.1, 0.15) is 15.9 Å². The van der Waals surface area contributed by atoms with Crippen molar-refractivity contribution in [1.29, 1.82) is 0 Å². The molecule has 1 heterocycles. The maximum absolute atomic E-state index is 12.8. The number of hydrogen-bond donors (Lipinski definition) is 1. The van der Waals surface area contributed by atoms with Crippen molar-refractivity contribution in [2.75, 3.05) is 32.6 Å². The summed E-state index contributed by atoms with van der Waals surface area (Å²) in [5, 5.41) is 4.48. The fourth-order valence-corrected chi connectivity index (χ4v) is 3.56. The highest BCUT2D eigenvalue weighted by atomic mass is 35.5. The zero-order chi connectivity index (χ0) is 20.1. The first kappa shape index (κ1) is 20.6. The minimum Gasteiger partial charge on any atom is -0.383 e. The number of hydrogen-bond acceptors (Lipinski definition) is 4. The van der Waals surface area contributed by atoms with Crippen LogP contribution in [0.2, 0.25) is 10.0 Å². The van der Waals surface area contributed by atoms with Gasteiger partial charge in [0.05, 0.1) is 33.4 Å². The molecule has 0 saturated heterocycles. The van der Waals surface area contributed by atoms with Gasteiger partial charge in [-0.05, 0) is 36.9 Å². The molecule has 1 aromatic heterocycles. The van der Waals surface area contributed by atoms with Crippen molar-refractivity contribution < 1.29 is 9.53 Å². The molecule has 0 saturated carbocycles. The van der Waals surface area contributed by atoms with E-state index in [4.69, 9.17) is 27.9 Å². The number of carbonyl (C=O) groups is 1. The molecule has 0 aliphatic carbocycles. The Kier molecular flexibility index (Phi) is 6.86. The largest absolute Gasteiger partial charge is 0.383 e. The summed E-state index contributed by atoms with van der Waals surface area (Å²) in [5.41, 5.74) is 2.70. The molecule has 0 radical (unpaired) electrons. The van der Waals surface area contributed by atoms with Gasteiger partial charge < -0.3 is 10.1 Å². The molecule has 5 nitrogen and oxygen atoms in total. The molecule has 7 heteroatoms. The summed E-state index contributed by atoms with van der Waals surface area (Å²) in [5.74, 6) is -0.368. The van der Waals surface area contributed by atoms with E-state index >= 15 is 0 Å². The highest BCUT2D eigenvalue weighted by Gasteiger charge is 2.16. The first-order chi connectivity index (χ1) is 13.5. The molecular weight excluding hydrogens is 397 g/mol. The zero-order valence-corrected chi connectivity index (χ0v) is 17.2. The predicted octanol–water partition coefficient (Wildman–Crippen LogP) is 4.87. The van der Waals surface area contributed by atoms with Crippen molar-refractivity contribution in [2.24, 2.45) is 0 Å². The number of amides is 1. The number of halogens is 2. The molecule has 3 rings (SSSR count). The van der Waals surface area contributed by atoms with E-state index in [0.29, 0.717) is 22.3 Å². The van der Waals surface area contributed by atoms with Gasteiger partial charge >= 0.3 is 0 Å². The van der Waals surface area contributed by atoms with E-state index in [1.54, 1.807) is 31.5 Å². The van der Waals surface area contributed by atoms with Gasteiger partial charge in [0.2, 0.25) is 0 Å². The molecule has 0 fully saturated rings. The lowest BCUT2D eigenvalue weighted by atomic mass is 10.1. The molecule has 0 unspecified atom stereocenters. The third kappa shape index (κ3) is 4.62. The molecule has 0 aliphatic heterocycles. The number of nitrogens with one attached hydrogen (secondary N) is 1. The Bertz CT molecular complexity index is 974. The van der Waals surface area contributed by atoms with Gasteiger partial charge in [0.1, 0.15) is 0 Å². The second-order valence-electron chi connectivity index (χ2n) is 6.45. The van der Waals surface area contributed by atoms with Crippen molar-refractivity contribution in [2.45, 2.75) is 6.54 Å². The van der Waals surface area contributed by atoms with Crippen molar-refractivity contribution in [3.8, 4) is 0 Å². The maximum atomic E-state index is 12.8. The molecule has 0 spiro atoms. The number of fused-ring (bicyclic) bond motifs is 1. The van der Waals surface area contributed by atoms with Crippen molar-refractivity contribution in [3.05, 3.63) is 69.8 Å². The summed E-state index contributed by atoms with van der Waals surface area (Å²) in [6.45, 7) is 2.23. The summed E-state index contributed by atoms with van der Waals surface area (Å²) in [4.78, 5) is 19.4. The molecule has 0 bridgehead atoms. The van der Waals surface area contributed by atoms with Crippen molar-refractivity contribution >= 4 is 45.7 Å². The molecule has 3 aromatic rings. The van der Waals surface area contributed by atoms with Crippen LogP contribution in [0, 0.1) is 0 Å². The number of carbonyl (C=O) groups excluding carboxylic acids is 1. The number of methoxy groups -OCH3 is 1. The average Bonchev–Trinajstić information content (AvgIpc) is 2.67. The lowest BCUT2D eigenvalue weighted by Crippen LogP contribution is -2.22. The van der Waals surface area contributed by atoms with Gasteiger partial charge in [-0.15, -0.1) is 0 Å². The van der Waals surface area contributed by atoms with Crippen molar-refractivity contribution in [3.63, 3.8) is 0 Å². The molecule has 0 atom stereocenters. The number of para-hydroxylation sites is 1. The minimum atomic E-state index is -0.368. The van der Waals surface area contributed by atoms with Crippen LogP contribution in [0.3, 0.4) is 0 Å². The number of ether oxygens (including phenoxy) is 1. The second-order valence-corrected chi connectivity index (χ2v) is 7.27. The number of nitrogens with zero attached hydrogens (tertiary/aromatic N) is 2. The Balaban J connectivity index is 1.91. The Hall–Kier alpha value is -2.18. The lowest BCUT2D eigenvalue weighted by Gasteiger charge is -2.18. The highest BCUT2D eigenvalue weighted by Crippen LogP contribution is 2.28. The smallest absolute Gasteiger partial charge is 0.258 e. The van der Waals surface area contributed by atoms with Crippen LogP contribution in [0.4, 0.5) is 5.69 Å². The Morgan fingerprint density at radius 3 is 2.57 bits per heavy atom. The third-order valence-corrected chi connectivity index (χ3v) is 5.05. The van der Waals surface area contributed by atoms with Gasteiger partial charge in [-0.1, -0.05) is 41.4 Å². The zero-order valence-electron chi connectivity index (χ0n) is 15.7.